The number of rotatable bonds is 1. The molecule has 0 nitrogen and oxygen atoms in total. The lowest BCUT2D eigenvalue weighted by atomic mass is 9.50. The van der Waals surface area contributed by atoms with Gasteiger partial charge in [-0.3, -0.25) is 0 Å². The molecule has 21 heavy (non-hydrogen) atoms. The van der Waals surface area contributed by atoms with Crippen molar-refractivity contribution >= 4 is 0 Å². The average Bonchev–Trinajstić information content (AvgIpc) is 2.43. The predicted molar refractivity (Wildman–Crippen MR) is 85.4 cm³/mol. The SMILES string of the molecule is C(=C1C2CC3CC(C2)CC1C3)[C+]1C2CC3CC(C2)CC1C3. The minimum Gasteiger partial charge on any atom is -0.0472 e. The maximum Gasteiger partial charge on any atom is 0.0962 e. The minimum atomic E-state index is 1.02. The van der Waals surface area contributed by atoms with Crippen LogP contribution < -0.4 is 0 Å². The Morgan fingerprint density at radius 2 is 1.00 bits per heavy atom. The van der Waals surface area contributed by atoms with Crippen molar-refractivity contribution in [1.82, 2.24) is 0 Å². The van der Waals surface area contributed by atoms with E-state index in [1.807, 2.05) is 11.5 Å². The maximum atomic E-state index is 2.85. The molecule has 0 radical (unpaired) electrons. The van der Waals surface area contributed by atoms with Gasteiger partial charge in [0, 0.05) is 23.7 Å². The number of hydrogen-bond acceptors (Lipinski definition) is 0. The molecular formula is C21H29+. The number of hydrogen-bond donors (Lipinski definition) is 0. The topological polar surface area (TPSA) is 0 Å². The van der Waals surface area contributed by atoms with Gasteiger partial charge in [0.05, 0.1) is 17.6 Å². The van der Waals surface area contributed by atoms with E-state index in [2.05, 4.69) is 6.08 Å². The molecule has 0 aromatic carbocycles. The first-order valence-electron chi connectivity index (χ1n) is 9.90. The van der Waals surface area contributed by atoms with E-state index in [9.17, 15) is 0 Å². The van der Waals surface area contributed by atoms with Gasteiger partial charge in [0.25, 0.3) is 0 Å². The van der Waals surface area contributed by atoms with Crippen molar-refractivity contribution in [3.8, 4) is 0 Å². The van der Waals surface area contributed by atoms with E-state index in [1.165, 1.54) is 0 Å². The Bertz CT molecular complexity index is 426. The van der Waals surface area contributed by atoms with E-state index in [-0.39, 0.29) is 0 Å². The van der Waals surface area contributed by atoms with Gasteiger partial charge in [-0.2, -0.15) is 0 Å². The van der Waals surface area contributed by atoms with Crippen molar-refractivity contribution in [3.05, 3.63) is 17.6 Å². The second-order valence-electron chi connectivity index (χ2n) is 9.75. The second kappa shape index (κ2) is 4.12. The van der Waals surface area contributed by atoms with Crippen molar-refractivity contribution in [2.24, 2.45) is 47.3 Å². The molecule has 0 spiro atoms. The third-order valence-electron chi connectivity index (χ3n) is 8.50. The van der Waals surface area contributed by atoms with Crippen LogP contribution in [-0.2, 0) is 0 Å². The number of allylic oxidation sites excluding steroid dienone is 2. The Kier molecular flexibility index (Phi) is 2.37. The standard InChI is InChI=1S/C21H29/c1-12-3-16-5-13(1)6-17(4-12)20(16)11-21-18-7-14-2-15(9-18)10-19(21)8-14/h11-19H,1-10H2/q+1. The molecule has 0 aromatic heterocycles. The van der Waals surface area contributed by atoms with Crippen LogP contribution in [0.15, 0.2) is 11.6 Å². The van der Waals surface area contributed by atoms with Gasteiger partial charge in [0.15, 0.2) is 0 Å². The van der Waals surface area contributed by atoms with Gasteiger partial charge in [-0.25, -0.2) is 0 Å². The molecule has 8 aliphatic carbocycles. The lowest BCUT2D eigenvalue weighted by Gasteiger charge is -2.51. The molecule has 0 amide bonds. The first-order chi connectivity index (χ1) is 10.3. The fourth-order valence-electron chi connectivity index (χ4n) is 8.12. The van der Waals surface area contributed by atoms with Gasteiger partial charge < -0.3 is 0 Å². The summed E-state index contributed by atoms with van der Waals surface area (Å²) >= 11 is 0. The molecule has 0 atom stereocenters. The van der Waals surface area contributed by atoms with E-state index in [0.29, 0.717) is 0 Å². The predicted octanol–water partition coefficient (Wildman–Crippen LogP) is 5.40. The van der Waals surface area contributed by atoms with Crippen molar-refractivity contribution in [1.29, 1.82) is 0 Å². The molecule has 0 unspecified atom stereocenters. The molecule has 0 heterocycles. The van der Waals surface area contributed by atoms with Gasteiger partial charge in [-0.15, -0.1) is 0 Å². The van der Waals surface area contributed by atoms with Crippen molar-refractivity contribution in [2.45, 2.75) is 64.2 Å². The summed E-state index contributed by atoms with van der Waals surface area (Å²) in [6.07, 6.45) is 18.5. The highest BCUT2D eigenvalue weighted by Gasteiger charge is 2.54. The molecule has 0 aliphatic heterocycles. The van der Waals surface area contributed by atoms with E-state index in [0.717, 1.165) is 47.3 Å². The molecule has 0 N–H and O–H groups in total. The summed E-state index contributed by atoms with van der Waals surface area (Å²) in [5.74, 6) is 10.5. The summed E-state index contributed by atoms with van der Waals surface area (Å²) in [6.45, 7) is 0. The van der Waals surface area contributed by atoms with Gasteiger partial charge in [0.2, 0.25) is 0 Å². The Labute approximate surface area is 129 Å². The molecular weight excluding hydrogens is 252 g/mol. The van der Waals surface area contributed by atoms with Crippen molar-refractivity contribution in [2.75, 3.05) is 0 Å². The molecule has 8 fully saturated rings. The van der Waals surface area contributed by atoms with Crippen LogP contribution in [0.4, 0.5) is 0 Å². The summed E-state index contributed by atoms with van der Waals surface area (Å²) in [7, 11) is 0. The Balaban J connectivity index is 1.32. The van der Waals surface area contributed by atoms with Gasteiger partial charge in [0.1, 0.15) is 0 Å². The summed E-state index contributed by atoms with van der Waals surface area (Å²) in [6, 6.07) is 0. The van der Waals surface area contributed by atoms with Gasteiger partial charge >= 0.3 is 0 Å². The second-order valence-corrected chi connectivity index (χ2v) is 9.75. The normalized spacial score (nSPS) is 56.4. The molecule has 8 aliphatic rings. The molecule has 0 heteroatoms. The van der Waals surface area contributed by atoms with E-state index >= 15 is 0 Å². The molecule has 112 valence electrons. The van der Waals surface area contributed by atoms with Crippen LogP contribution in [0.25, 0.3) is 0 Å². The van der Waals surface area contributed by atoms with Crippen molar-refractivity contribution < 1.29 is 0 Å². The van der Waals surface area contributed by atoms with Crippen LogP contribution >= 0.6 is 0 Å². The molecule has 0 aromatic rings. The van der Waals surface area contributed by atoms with Gasteiger partial charge in [-0.05, 0) is 87.9 Å². The lowest BCUT2D eigenvalue weighted by molar-refractivity contribution is 0.0457. The van der Waals surface area contributed by atoms with Crippen LogP contribution in [0, 0.1) is 53.3 Å². The fourth-order valence-corrected chi connectivity index (χ4v) is 8.12. The fraction of sp³-hybridized carbons (Fsp3) is 0.857. The molecule has 8 rings (SSSR count). The Morgan fingerprint density at radius 3 is 1.48 bits per heavy atom. The van der Waals surface area contributed by atoms with E-state index in [1.54, 1.807) is 64.2 Å². The van der Waals surface area contributed by atoms with E-state index < -0.39 is 0 Å². The lowest BCUT2D eigenvalue weighted by Crippen LogP contribution is -2.44. The highest BCUT2D eigenvalue weighted by Crippen LogP contribution is 2.61. The third-order valence-corrected chi connectivity index (χ3v) is 8.50. The molecule has 8 bridgehead atoms. The first-order valence-corrected chi connectivity index (χ1v) is 9.90. The average molecular weight is 281 g/mol. The molecule has 8 saturated carbocycles. The monoisotopic (exact) mass is 281 g/mol. The van der Waals surface area contributed by atoms with Crippen molar-refractivity contribution in [3.63, 3.8) is 0 Å². The highest BCUT2D eigenvalue weighted by atomic mass is 14.5. The Morgan fingerprint density at radius 1 is 0.571 bits per heavy atom. The summed E-state index contributed by atoms with van der Waals surface area (Å²) in [5.41, 5.74) is 1.96. The zero-order valence-corrected chi connectivity index (χ0v) is 13.3. The summed E-state index contributed by atoms with van der Waals surface area (Å²) in [4.78, 5) is 0. The van der Waals surface area contributed by atoms with Crippen LogP contribution in [0.5, 0.6) is 0 Å². The summed E-state index contributed by atoms with van der Waals surface area (Å²) in [5, 5.41) is 0. The zero-order valence-electron chi connectivity index (χ0n) is 13.3. The quantitative estimate of drug-likeness (QED) is 0.565. The van der Waals surface area contributed by atoms with E-state index in [4.69, 9.17) is 0 Å². The summed E-state index contributed by atoms with van der Waals surface area (Å²) < 4.78 is 0. The van der Waals surface area contributed by atoms with Crippen LogP contribution in [0.2, 0.25) is 0 Å². The third kappa shape index (κ3) is 1.71. The zero-order chi connectivity index (χ0) is 13.6. The minimum absolute atomic E-state index is 1.02. The molecule has 0 saturated heterocycles. The van der Waals surface area contributed by atoms with Crippen LogP contribution in [0.3, 0.4) is 0 Å². The highest BCUT2D eigenvalue weighted by molar-refractivity contribution is 5.31. The first kappa shape index (κ1) is 12.1. The van der Waals surface area contributed by atoms with Crippen LogP contribution in [0.1, 0.15) is 64.2 Å². The van der Waals surface area contributed by atoms with Crippen LogP contribution in [-0.4, -0.2) is 0 Å². The maximum absolute atomic E-state index is 2.85. The largest absolute Gasteiger partial charge is 0.0962 e. The van der Waals surface area contributed by atoms with Gasteiger partial charge in [-0.1, -0.05) is 0 Å². The smallest absolute Gasteiger partial charge is 0.0472 e. The Hall–Kier alpha value is -0.390.